The van der Waals surface area contributed by atoms with Gasteiger partial charge in [-0.05, 0) is 27.7 Å². The van der Waals surface area contributed by atoms with Gasteiger partial charge in [0, 0.05) is 17.8 Å². The van der Waals surface area contributed by atoms with Crippen molar-refractivity contribution in [1.82, 2.24) is 10.3 Å². The number of aromatic nitrogens is 1. The zero-order valence-corrected chi connectivity index (χ0v) is 12.3. The Bertz CT molecular complexity index is 601. The largest absolute Gasteiger partial charge is 0.353 e. The molecule has 8 heteroatoms. The highest BCUT2D eigenvalue weighted by molar-refractivity contribution is 5.85. The van der Waals surface area contributed by atoms with Gasteiger partial charge in [-0.2, -0.15) is 5.26 Å². The fourth-order valence-electron chi connectivity index (χ4n) is 1.51. The summed E-state index contributed by atoms with van der Waals surface area (Å²) in [6.07, 6.45) is 1.21. The molecule has 1 heterocycles. The smallest absolute Gasteiger partial charge is 0.312 e. The van der Waals surface area contributed by atoms with Gasteiger partial charge < -0.3 is 10.6 Å². The highest BCUT2D eigenvalue weighted by Gasteiger charge is 2.23. The summed E-state index contributed by atoms with van der Waals surface area (Å²) in [4.78, 5) is 26.1. The third-order valence-electron chi connectivity index (χ3n) is 2.44. The zero-order chi connectivity index (χ0) is 16.2. The van der Waals surface area contributed by atoms with Gasteiger partial charge in [0.25, 0.3) is 0 Å². The fourth-order valence-corrected chi connectivity index (χ4v) is 1.51. The first kappa shape index (κ1) is 16.4. The summed E-state index contributed by atoms with van der Waals surface area (Å²) < 4.78 is 0. The van der Waals surface area contributed by atoms with Crippen molar-refractivity contribution >= 4 is 17.4 Å². The maximum Gasteiger partial charge on any atom is 0.312 e. The number of nitro groups is 1. The molecule has 0 fully saturated rings. The summed E-state index contributed by atoms with van der Waals surface area (Å²) >= 11 is 0. The summed E-state index contributed by atoms with van der Waals surface area (Å²) in [5, 5.41) is 25.2. The van der Waals surface area contributed by atoms with Crippen LogP contribution in [0.1, 0.15) is 33.3 Å². The van der Waals surface area contributed by atoms with Crippen LogP contribution in [0.15, 0.2) is 12.3 Å². The molecule has 112 valence electrons. The number of carbonyl (C=O) groups excluding carboxylic acids is 1. The third-order valence-corrected chi connectivity index (χ3v) is 2.44. The van der Waals surface area contributed by atoms with E-state index in [-0.39, 0.29) is 23.0 Å². The predicted octanol–water partition coefficient (Wildman–Crippen LogP) is 1.58. The monoisotopic (exact) mass is 291 g/mol. The van der Waals surface area contributed by atoms with Crippen LogP contribution < -0.4 is 10.6 Å². The first-order valence-electron chi connectivity index (χ1n) is 6.27. The van der Waals surface area contributed by atoms with Crippen LogP contribution in [-0.4, -0.2) is 27.4 Å². The summed E-state index contributed by atoms with van der Waals surface area (Å²) in [6.45, 7) is 7.07. The maximum absolute atomic E-state index is 11.9. The van der Waals surface area contributed by atoms with Crippen LogP contribution in [0.4, 0.5) is 11.5 Å². The number of nitrogens with zero attached hydrogens (tertiary/aromatic N) is 3. The number of carbonyl (C=O) groups is 1. The minimum Gasteiger partial charge on any atom is -0.353 e. The minimum absolute atomic E-state index is 0.0458. The molecule has 0 saturated heterocycles. The predicted molar refractivity (Wildman–Crippen MR) is 76.6 cm³/mol. The van der Waals surface area contributed by atoms with E-state index in [1.807, 2.05) is 20.8 Å². The van der Waals surface area contributed by atoms with Crippen molar-refractivity contribution in [2.75, 3.05) is 5.32 Å². The molecule has 0 aliphatic rings. The van der Waals surface area contributed by atoms with Crippen LogP contribution in [0.5, 0.6) is 0 Å². The van der Waals surface area contributed by atoms with E-state index in [0.717, 1.165) is 6.07 Å². The summed E-state index contributed by atoms with van der Waals surface area (Å²) in [6, 6.07) is 2.19. The van der Waals surface area contributed by atoms with Crippen molar-refractivity contribution in [2.45, 2.75) is 39.3 Å². The van der Waals surface area contributed by atoms with E-state index in [4.69, 9.17) is 5.26 Å². The van der Waals surface area contributed by atoms with Crippen molar-refractivity contribution in [3.05, 3.63) is 27.9 Å². The van der Waals surface area contributed by atoms with Gasteiger partial charge >= 0.3 is 5.69 Å². The topological polar surface area (TPSA) is 121 Å². The lowest BCUT2D eigenvalue weighted by Crippen LogP contribution is -2.47. The van der Waals surface area contributed by atoms with E-state index in [1.165, 1.54) is 6.20 Å². The molecule has 1 aromatic heterocycles. The zero-order valence-electron chi connectivity index (χ0n) is 12.3. The van der Waals surface area contributed by atoms with E-state index in [0.29, 0.717) is 0 Å². The molecule has 0 aliphatic heterocycles. The molecule has 0 radical (unpaired) electrons. The lowest BCUT2D eigenvalue weighted by atomic mass is 10.1. The van der Waals surface area contributed by atoms with Gasteiger partial charge in [0.05, 0.1) is 10.5 Å². The van der Waals surface area contributed by atoms with Gasteiger partial charge in [-0.15, -0.1) is 0 Å². The Morgan fingerprint density at radius 1 is 1.52 bits per heavy atom. The summed E-state index contributed by atoms with van der Waals surface area (Å²) in [5.41, 5.74) is -0.666. The first-order valence-corrected chi connectivity index (χ1v) is 6.27. The first-order chi connectivity index (χ1) is 9.64. The molecule has 0 aliphatic carbocycles. The van der Waals surface area contributed by atoms with Crippen molar-refractivity contribution in [2.24, 2.45) is 0 Å². The lowest BCUT2D eigenvalue weighted by Gasteiger charge is -2.23. The van der Waals surface area contributed by atoms with Crippen LogP contribution in [0.2, 0.25) is 0 Å². The maximum atomic E-state index is 11.9. The van der Waals surface area contributed by atoms with Crippen molar-refractivity contribution < 1.29 is 9.72 Å². The second-order valence-corrected chi connectivity index (χ2v) is 5.57. The standard InChI is InChI=1S/C13H17N5O3/c1-8(12(19)17-13(2,3)4)16-11-10(18(20)21)5-9(6-14)7-15-11/h5,7-8H,1-4H3,(H,15,16)(H,17,19). The molecule has 1 aromatic rings. The lowest BCUT2D eigenvalue weighted by molar-refractivity contribution is -0.384. The molecular formula is C13H17N5O3. The molecule has 2 N–H and O–H groups in total. The number of hydrogen-bond acceptors (Lipinski definition) is 6. The molecule has 1 rings (SSSR count). The van der Waals surface area contributed by atoms with Crippen LogP contribution in [0.25, 0.3) is 0 Å². The Morgan fingerprint density at radius 3 is 2.62 bits per heavy atom. The van der Waals surface area contributed by atoms with Crippen molar-refractivity contribution in [1.29, 1.82) is 5.26 Å². The summed E-state index contributed by atoms with van der Waals surface area (Å²) in [7, 11) is 0. The second-order valence-electron chi connectivity index (χ2n) is 5.57. The van der Waals surface area contributed by atoms with E-state index in [2.05, 4.69) is 15.6 Å². The number of nitrogens with one attached hydrogen (secondary N) is 2. The Balaban J connectivity index is 2.95. The highest BCUT2D eigenvalue weighted by atomic mass is 16.6. The summed E-state index contributed by atoms with van der Waals surface area (Å²) in [5.74, 6) is -0.349. The van der Waals surface area contributed by atoms with Crippen LogP contribution >= 0.6 is 0 Å². The molecule has 0 saturated carbocycles. The van der Waals surface area contributed by atoms with Gasteiger partial charge in [-0.25, -0.2) is 4.98 Å². The van der Waals surface area contributed by atoms with Gasteiger partial charge in [-0.3, -0.25) is 14.9 Å². The van der Waals surface area contributed by atoms with E-state index >= 15 is 0 Å². The fraction of sp³-hybridized carbons (Fsp3) is 0.462. The number of pyridine rings is 1. The number of amides is 1. The Morgan fingerprint density at radius 2 is 2.14 bits per heavy atom. The van der Waals surface area contributed by atoms with Crippen LogP contribution in [0.3, 0.4) is 0 Å². The highest BCUT2D eigenvalue weighted by Crippen LogP contribution is 2.23. The van der Waals surface area contributed by atoms with Crippen LogP contribution in [-0.2, 0) is 4.79 Å². The molecule has 21 heavy (non-hydrogen) atoms. The van der Waals surface area contributed by atoms with Crippen molar-refractivity contribution in [3.63, 3.8) is 0 Å². The van der Waals surface area contributed by atoms with Crippen molar-refractivity contribution in [3.8, 4) is 6.07 Å². The third kappa shape index (κ3) is 4.72. The molecule has 0 aromatic carbocycles. The number of hydrogen-bond donors (Lipinski definition) is 2. The average Bonchev–Trinajstić information content (AvgIpc) is 2.36. The normalized spacial score (nSPS) is 12.1. The van der Waals surface area contributed by atoms with Gasteiger partial charge in [0.2, 0.25) is 11.7 Å². The van der Waals surface area contributed by atoms with E-state index in [1.54, 1.807) is 13.0 Å². The minimum atomic E-state index is -0.705. The molecular weight excluding hydrogens is 274 g/mol. The number of rotatable bonds is 4. The SMILES string of the molecule is CC(Nc1ncc(C#N)cc1[N+](=O)[O-])C(=O)NC(C)(C)C. The molecule has 0 bridgehead atoms. The molecule has 1 amide bonds. The molecule has 1 unspecified atom stereocenters. The Labute approximate surface area is 122 Å². The van der Waals surface area contributed by atoms with Gasteiger partial charge in [0.15, 0.2) is 0 Å². The molecule has 8 nitrogen and oxygen atoms in total. The average molecular weight is 291 g/mol. The van der Waals surface area contributed by atoms with Crippen LogP contribution in [0, 0.1) is 21.4 Å². The van der Waals surface area contributed by atoms with Gasteiger partial charge in [-0.1, -0.05) is 0 Å². The van der Waals surface area contributed by atoms with E-state index < -0.39 is 16.5 Å². The van der Waals surface area contributed by atoms with E-state index in [9.17, 15) is 14.9 Å². The molecule has 1 atom stereocenters. The van der Waals surface area contributed by atoms with Gasteiger partial charge in [0.1, 0.15) is 12.1 Å². The number of anilines is 1. The quantitative estimate of drug-likeness (QED) is 0.641. The molecule has 0 spiro atoms. The second kappa shape index (κ2) is 6.17. The Hall–Kier alpha value is -2.69. The number of nitriles is 1. The Kier molecular flexibility index (Phi) is 4.81.